The first kappa shape index (κ1) is 24.8. The molecule has 6 nitrogen and oxygen atoms in total. The lowest BCUT2D eigenvalue weighted by molar-refractivity contribution is -0.151. The van der Waals surface area contributed by atoms with E-state index in [1.807, 2.05) is 12.4 Å². The van der Waals surface area contributed by atoms with Crippen LogP contribution in [0.1, 0.15) is 77.2 Å². The first-order valence-electron chi connectivity index (χ1n) is 14.4. The number of allylic oxidation sites excluding steroid dienone is 3. The molecule has 2 N–H and O–H groups in total. The predicted molar refractivity (Wildman–Crippen MR) is 143 cm³/mol. The minimum Gasteiger partial charge on any atom is -0.461 e. The van der Waals surface area contributed by atoms with Gasteiger partial charge in [-0.15, -0.1) is 0 Å². The van der Waals surface area contributed by atoms with Crippen LogP contribution in [0, 0.1) is 28.6 Å². The van der Waals surface area contributed by atoms with Gasteiger partial charge in [-0.3, -0.25) is 14.6 Å². The second kappa shape index (κ2) is 9.68. The van der Waals surface area contributed by atoms with Gasteiger partial charge in [0.05, 0.1) is 6.54 Å². The second-order valence-electron chi connectivity index (χ2n) is 12.6. The standard InChI is InChI=1S/C31H41N3O3/c1-30-13-11-23(37-29(36)19-34-28(35)18-33-22-6-7-22)16-21(30)5-8-24-26-10-9-25(20-4-3-15-32-17-20)31(26,2)14-12-27(24)30/h3-5,9,15,17,22-24,26-27,33H,6-8,10-14,16,18-19H2,1-2H3,(H,34,35)/t23-,24-,26-,27-,30-,31+/m0/s1. The van der Waals surface area contributed by atoms with Crippen LogP contribution in [0.15, 0.2) is 42.3 Å². The fourth-order valence-corrected chi connectivity index (χ4v) is 8.25. The number of aromatic nitrogens is 1. The molecule has 6 heteroatoms. The molecule has 0 aliphatic heterocycles. The molecule has 0 spiro atoms. The topological polar surface area (TPSA) is 80.3 Å². The van der Waals surface area contributed by atoms with Gasteiger partial charge >= 0.3 is 5.97 Å². The Hall–Kier alpha value is -2.47. The molecule has 6 atom stereocenters. The quantitative estimate of drug-likeness (QED) is 0.412. The summed E-state index contributed by atoms with van der Waals surface area (Å²) in [4.78, 5) is 28.8. The third-order valence-corrected chi connectivity index (χ3v) is 10.5. The number of carbonyl (C=O) groups excluding carboxylic acids is 2. The van der Waals surface area contributed by atoms with Crippen LogP contribution in [-0.2, 0) is 14.3 Å². The average Bonchev–Trinajstić information content (AvgIpc) is 3.66. The van der Waals surface area contributed by atoms with E-state index in [2.05, 4.69) is 53.7 Å². The molecule has 0 bridgehead atoms. The molecule has 0 aromatic carbocycles. The van der Waals surface area contributed by atoms with E-state index in [-0.39, 0.29) is 41.9 Å². The van der Waals surface area contributed by atoms with Gasteiger partial charge in [0.25, 0.3) is 0 Å². The number of fused-ring (bicyclic) bond motifs is 5. The zero-order valence-corrected chi connectivity index (χ0v) is 22.3. The van der Waals surface area contributed by atoms with Crippen molar-refractivity contribution in [2.75, 3.05) is 13.1 Å². The van der Waals surface area contributed by atoms with Crippen LogP contribution >= 0.6 is 0 Å². The van der Waals surface area contributed by atoms with Crippen LogP contribution in [0.3, 0.4) is 0 Å². The lowest BCUT2D eigenvalue weighted by Crippen LogP contribution is -2.50. The zero-order valence-electron chi connectivity index (χ0n) is 22.3. The molecule has 5 aliphatic rings. The van der Waals surface area contributed by atoms with Gasteiger partial charge in [-0.05, 0) is 97.2 Å². The maximum atomic E-state index is 12.5. The summed E-state index contributed by atoms with van der Waals surface area (Å²) in [5.41, 5.74) is 4.74. The highest BCUT2D eigenvalue weighted by Gasteiger charge is 2.57. The minimum atomic E-state index is -0.323. The lowest BCUT2D eigenvalue weighted by Gasteiger charge is -2.57. The van der Waals surface area contributed by atoms with Crippen molar-refractivity contribution in [3.05, 3.63) is 47.8 Å². The highest BCUT2D eigenvalue weighted by atomic mass is 16.5. The number of nitrogens with one attached hydrogen (secondary N) is 2. The van der Waals surface area contributed by atoms with Crippen molar-refractivity contribution in [3.8, 4) is 0 Å². The summed E-state index contributed by atoms with van der Waals surface area (Å²) in [6.45, 7) is 5.20. The van der Waals surface area contributed by atoms with Crippen molar-refractivity contribution >= 4 is 17.4 Å². The molecule has 0 saturated heterocycles. The molecule has 5 aliphatic carbocycles. The number of amides is 1. The fourth-order valence-electron chi connectivity index (χ4n) is 8.25. The lowest BCUT2D eigenvalue weighted by atomic mass is 9.47. The zero-order chi connectivity index (χ0) is 25.6. The van der Waals surface area contributed by atoms with Gasteiger partial charge in [-0.25, -0.2) is 0 Å². The van der Waals surface area contributed by atoms with Crippen LogP contribution in [0.4, 0.5) is 0 Å². The molecule has 3 saturated carbocycles. The molecular formula is C31H41N3O3. The number of hydrogen-bond acceptors (Lipinski definition) is 5. The van der Waals surface area contributed by atoms with Gasteiger partial charge < -0.3 is 15.4 Å². The van der Waals surface area contributed by atoms with Crippen LogP contribution in [0.2, 0.25) is 0 Å². The first-order valence-corrected chi connectivity index (χ1v) is 14.4. The molecule has 1 heterocycles. The average molecular weight is 504 g/mol. The summed E-state index contributed by atoms with van der Waals surface area (Å²) >= 11 is 0. The van der Waals surface area contributed by atoms with Crippen molar-refractivity contribution in [2.24, 2.45) is 28.6 Å². The summed E-state index contributed by atoms with van der Waals surface area (Å²) in [5, 5.41) is 5.87. The summed E-state index contributed by atoms with van der Waals surface area (Å²) in [6.07, 6.45) is 18.7. The van der Waals surface area contributed by atoms with Crippen LogP contribution in [0.25, 0.3) is 5.57 Å². The van der Waals surface area contributed by atoms with E-state index >= 15 is 0 Å². The summed E-state index contributed by atoms with van der Waals surface area (Å²) in [6, 6.07) is 4.75. The van der Waals surface area contributed by atoms with Crippen LogP contribution in [-0.4, -0.2) is 42.1 Å². The molecule has 198 valence electrons. The monoisotopic (exact) mass is 503 g/mol. The molecule has 1 amide bonds. The number of pyridine rings is 1. The van der Waals surface area contributed by atoms with E-state index in [4.69, 9.17) is 4.74 Å². The Morgan fingerprint density at radius 3 is 2.65 bits per heavy atom. The number of rotatable bonds is 7. The van der Waals surface area contributed by atoms with Gasteiger partial charge in [0.1, 0.15) is 12.6 Å². The molecule has 3 fully saturated rings. The molecule has 0 unspecified atom stereocenters. The van der Waals surface area contributed by atoms with Gasteiger partial charge in [0.15, 0.2) is 0 Å². The Labute approximate surface area is 220 Å². The number of esters is 1. The third-order valence-electron chi connectivity index (χ3n) is 10.5. The van der Waals surface area contributed by atoms with Crippen molar-refractivity contribution in [3.63, 3.8) is 0 Å². The van der Waals surface area contributed by atoms with E-state index in [0.29, 0.717) is 23.8 Å². The fraction of sp³-hybridized carbons (Fsp3) is 0.645. The van der Waals surface area contributed by atoms with Crippen LogP contribution < -0.4 is 10.6 Å². The van der Waals surface area contributed by atoms with E-state index in [9.17, 15) is 9.59 Å². The van der Waals surface area contributed by atoms with E-state index < -0.39 is 0 Å². The van der Waals surface area contributed by atoms with Gasteiger partial charge in [-0.2, -0.15) is 0 Å². The largest absolute Gasteiger partial charge is 0.461 e. The third kappa shape index (κ3) is 4.67. The summed E-state index contributed by atoms with van der Waals surface area (Å²) < 4.78 is 5.83. The number of hydrogen-bond donors (Lipinski definition) is 2. The van der Waals surface area contributed by atoms with Gasteiger partial charge in [-0.1, -0.05) is 37.6 Å². The smallest absolute Gasteiger partial charge is 0.325 e. The Morgan fingerprint density at radius 1 is 1.03 bits per heavy atom. The van der Waals surface area contributed by atoms with Crippen molar-refractivity contribution in [1.29, 1.82) is 0 Å². The van der Waals surface area contributed by atoms with Crippen LogP contribution in [0.5, 0.6) is 0 Å². The minimum absolute atomic E-state index is 0.0464. The molecule has 0 radical (unpaired) electrons. The van der Waals surface area contributed by atoms with Crippen molar-refractivity contribution in [1.82, 2.24) is 15.6 Å². The number of nitrogens with zero attached hydrogens (tertiary/aromatic N) is 1. The highest BCUT2D eigenvalue weighted by molar-refractivity contribution is 5.83. The highest BCUT2D eigenvalue weighted by Crippen LogP contribution is 2.66. The molecule has 37 heavy (non-hydrogen) atoms. The Kier molecular flexibility index (Phi) is 6.50. The molecular weight excluding hydrogens is 462 g/mol. The number of ether oxygens (including phenoxy) is 1. The second-order valence-corrected chi connectivity index (χ2v) is 12.6. The Bertz CT molecular complexity index is 1110. The summed E-state index contributed by atoms with van der Waals surface area (Å²) in [5.74, 6) is 1.62. The maximum Gasteiger partial charge on any atom is 0.325 e. The Balaban J connectivity index is 1.07. The maximum absolute atomic E-state index is 12.5. The van der Waals surface area contributed by atoms with E-state index in [0.717, 1.165) is 38.5 Å². The Morgan fingerprint density at radius 2 is 1.86 bits per heavy atom. The predicted octanol–water partition coefficient (Wildman–Crippen LogP) is 4.82. The normalized spacial score (nSPS) is 36.4. The van der Waals surface area contributed by atoms with Gasteiger partial charge in [0.2, 0.25) is 5.91 Å². The van der Waals surface area contributed by atoms with Crippen molar-refractivity contribution < 1.29 is 14.3 Å². The van der Waals surface area contributed by atoms with E-state index in [1.54, 1.807) is 0 Å². The van der Waals surface area contributed by atoms with Crippen molar-refractivity contribution in [2.45, 2.75) is 83.8 Å². The first-order chi connectivity index (χ1) is 17.9. The summed E-state index contributed by atoms with van der Waals surface area (Å²) in [7, 11) is 0. The number of carbonyl (C=O) groups is 2. The van der Waals surface area contributed by atoms with Gasteiger partial charge in [0, 0.05) is 24.9 Å². The SMILES string of the molecule is C[C@]12CC[C@H](OC(=O)CNC(=O)CNC3CC3)CC1=CC[C@@H]1[C@@H]2CC[C@]2(C)C(c3cccnc3)=CC[C@@H]12. The van der Waals surface area contributed by atoms with E-state index in [1.165, 1.54) is 36.0 Å². The molecule has 1 aromatic rings. The molecule has 1 aromatic heterocycles. The molecule has 6 rings (SSSR count).